The van der Waals surface area contributed by atoms with Crippen molar-refractivity contribution >= 4 is 33.2 Å². The molecule has 0 saturated heterocycles. The molecule has 0 bridgehead atoms. The summed E-state index contributed by atoms with van der Waals surface area (Å²) < 4.78 is 37.3. The Bertz CT molecular complexity index is 1060. The molecule has 0 atom stereocenters. The van der Waals surface area contributed by atoms with E-state index in [2.05, 4.69) is 5.32 Å². The van der Waals surface area contributed by atoms with E-state index in [1.165, 1.54) is 31.3 Å². The van der Waals surface area contributed by atoms with Crippen LogP contribution in [0.3, 0.4) is 0 Å². The number of carbonyl (C=O) groups excluding carboxylic acids is 1. The highest BCUT2D eigenvalue weighted by atomic mass is 35.5. The van der Waals surface area contributed by atoms with Crippen LogP contribution in [-0.4, -0.2) is 45.4 Å². The SMILES string of the molecule is CN(CC(=O)Nc1cc2c(cc1Cl)OCCCO2)S(=O)(=O)c1ccc(C#N)cc1. The summed E-state index contributed by atoms with van der Waals surface area (Å²) in [5, 5.41) is 11.7. The summed E-state index contributed by atoms with van der Waals surface area (Å²) in [5.41, 5.74) is 0.637. The second kappa shape index (κ2) is 8.69. The van der Waals surface area contributed by atoms with Crippen LogP contribution >= 0.6 is 11.6 Å². The maximum Gasteiger partial charge on any atom is 0.243 e. The van der Waals surface area contributed by atoms with Gasteiger partial charge < -0.3 is 14.8 Å². The zero-order chi connectivity index (χ0) is 21.0. The van der Waals surface area contributed by atoms with Gasteiger partial charge in [0, 0.05) is 25.6 Å². The zero-order valence-corrected chi connectivity index (χ0v) is 17.1. The van der Waals surface area contributed by atoms with Gasteiger partial charge in [-0.2, -0.15) is 9.57 Å². The van der Waals surface area contributed by atoms with E-state index in [9.17, 15) is 13.2 Å². The topological polar surface area (TPSA) is 109 Å². The molecule has 0 spiro atoms. The van der Waals surface area contributed by atoms with Gasteiger partial charge in [0.05, 0.1) is 47.0 Å². The highest BCUT2D eigenvalue weighted by molar-refractivity contribution is 7.89. The van der Waals surface area contributed by atoms with E-state index in [-0.39, 0.29) is 9.92 Å². The number of anilines is 1. The van der Waals surface area contributed by atoms with E-state index in [1.54, 1.807) is 12.1 Å². The molecule has 8 nitrogen and oxygen atoms in total. The number of hydrogen-bond acceptors (Lipinski definition) is 6. The monoisotopic (exact) mass is 435 g/mol. The minimum Gasteiger partial charge on any atom is -0.490 e. The number of hydrogen-bond donors (Lipinski definition) is 1. The number of halogens is 1. The molecule has 1 heterocycles. The molecule has 2 aromatic rings. The van der Waals surface area contributed by atoms with Gasteiger partial charge in [0.25, 0.3) is 0 Å². The molecule has 152 valence electrons. The lowest BCUT2D eigenvalue weighted by Crippen LogP contribution is -2.35. The van der Waals surface area contributed by atoms with Crippen molar-refractivity contribution < 1.29 is 22.7 Å². The molecule has 0 unspecified atom stereocenters. The smallest absolute Gasteiger partial charge is 0.243 e. The Morgan fingerprint density at radius 1 is 1.21 bits per heavy atom. The number of sulfonamides is 1. The normalized spacial score (nSPS) is 13.4. The molecule has 0 radical (unpaired) electrons. The van der Waals surface area contributed by atoms with E-state index in [4.69, 9.17) is 26.3 Å². The Labute approximate surface area is 173 Å². The Hall–Kier alpha value is -2.80. The summed E-state index contributed by atoms with van der Waals surface area (Å²) in [6.07, 6.45) is 0.728. The lowest BCUT2D eigenvalue weighted by Gasteiger charge is -2.18. The van der Waals surface area contributed by atoms with Gasteiger partial charge in [-0.25, -0.2) is 8.42 Å². The van der Waals surface area contributed by atoms with Crippen LogP contribution in [0.2, 0.25) is 5.02 Å². The molecule has 1 N–H and O–H groups in total. The molecule has 1 aliphatic rings. The number of likely N-dealkylation sites (N-methyl/N-ethyl adjacent to an activating group) is 1. The summed E-state index contributed by atoms with van der Waals surface area (Å²) in [6, 6.07) is 10.5. The maximum atomic E-state index is 12.6. The van der Waals surface area contributed by atoms with Gasteiger partial charge in [0.15, 0.2) is 11.5 Å². The van der Waals surface area contributed by atoms with Crippen molar-refractivity contribution in [1.29, 1.82) is 5.26 Å². The predicted molar refractivity (Wildman–Crippen MR) is 107 cm³/mol. The number of benzene rings is 2. The molecular formula is C19H18ClN3O5S. The van der Waals surface area contributed by atoms with Crippen LogP contribution in [0.5, 0.6) is 11.5 Å². The highest BCUT2D eigenvalue weighted by Crippen LogP contribution is 2.37. The van der Waals surface area contributed by atoms with E-state index >= 15 is 0 Å². The third-order valence-corrected chi connectivity index (χ3v) is 6.30. The number of rotatable bonds is 5. The third kappa shape index (κ3) is 4.79. The lowest BCUT2D eigenvalue weighted by atomic mass is 10.2. The summed E-state index contributed by atoms with van der Waals surface area (Å²) >= 11 is 6.20. The molecule has 10 heteroatoms. The van der Waals surface area contributed by atoms with Gasteiger partial charge in [0.2, 0.25) is 15.9 Å². The fourth-order valence-corrected chi connectivity index (χ4v) is 3.97. The number of amides is 1. The first-order chi connectivity index (χ1) is 13.8. The summed E-state index contributed by atoms with van der Waals surface area (Å²) in [6.45, 7) is 0.563. The average Bonchev–Trinajstić information content (AvgIpc) is 2.93. The first-order valence-electron chi connectivity index (χ1n) is 8.67. The predicted octanol–water partition coefficient (Wildman–Crippen LogP) is 2.63. The molecular weight excluding hydrogens is 418 g/mol. The Morgan fingerprint density at radius 2 is 1.83 bits per heavy atom. The molecule has 1 amide bonds. The van der Waals surface area contributed by atoms with Crippen LogP contribution in [0.15, 0.2) is 41.3 Å². The average molecular weight is 436 g/mol. The van der Waals surface area contributed by atoms with Crippen molar-refractivity contribution in [2.24, 2.45) is 0 Å². The van der Waals surface area contributed by atoms with Crippen LogP contribution in [0, 0.1) is 11.3 Å². The molecule has 0 fully saturated rings. The Kier molecular flexibility index (Phi) is 6.27. The van der Waals surface area contributed by atoms with Gasteiger partial charge in [-0.15, -0.1) is 0 Å². The summed E-state index contributed by atoms with van der Waals surface area (Å²) in [7, 11) is -2.60. The minimum atomic E-state index is -3.90. The second-order valence-electron chi connectivity index (χ2n) is 6.27. The van der Waals surface area contributed by atoms with Gasteiger partial charge in [-0.1, -0.05) is 11.6 Å². The third-order valence-electron chi connectivity index (χ3n) is 4.17. The van der Waals surface area contributed by atoms with Crippen LogP contribution < -0.4 is 14.8 Å². The lowest BCUT2D eigenvalue weighted by molar-refractivity contribution is -0.116. The van der Waals surface area contributed by atoms with E-state index < -0.39 is 22.5 Å². The number of nitrogens with one attached hydrogen (secondary N) is 1. The van der Waals surface area contributed by atoms with E-state index in [1.807, 2.05) is 6.07 Å². The molecule has 0 aromatic heterocycles. The van der Waals surface area contributed by atoms with Crippen molar-refractivity contribution in [1.82, 2.24) is 4.31 Å². The summed E-state index contributed by atoms with van der Waals surface area (Å²) in [5.74, 6) is 0.382. The van der Waals surface area contributed by atoms with Crippen molar-refractivity contribution in [2.45, 2.75) is 11.3 Å². The van der Waals surface area contributed by atoms with E-state index in [0.717, 1.165) is 10.7 Å². The van der Waals surface area contributed by atoms with Crippen LogP contribution in [0.4, 0.5) is 5.69 Å². The van der Waals surface area contributed by atoms with E-state index in [0.29, 0.717) is 36.0 Å². The fraction of sp³-hybridized carbons (Fsp3) is 0.263. The summed E-state index contributed by atoms with van der Waals surface area (Å²) in [4.78, 5) is 12.4. The zero-order valence-electron chi connectivity index (χ0n) is 15.5. The van der Waals surface area contributed by atoms with Gasteiger partial charge in [-0.05, 0) is 24.3 Å². The molecule has 0 saturated carbocycles. The van der Waals surface area contributed by atoms with Crippen molar-refractivity contribution in [3.63, 3.8) is 0 Å². The molecule has 1 aliphatic heterocycles. The number of nitrogens with zero attached hydrogens (tertiary/aromatic N) is 2. The van der Waals surface area contributed by atoms with Gasteiger partial charge >= 0.3 is 0 Å². The molecule has 3 rings (SSSR count). The first kappa shape index (κ1) is 20.9. The van der Waals surface area contributed by atoms with Crippen molar-refractivity contribution in [3.05, 3.63) is 47.0 Å². The van der Waals surface area contributed by atoms with Crippen LogP contribution in [0.25, 0.3) is 0 Å². The van der Waals surface area contributed by atoms with Crippen molar-refractivity contribution in [2.75, 3.05) is 32.1 Å². The highest BCUT2D eigenvalue weighted by Gasteiger charge is 2.24. The number of fused-ring (bicyclic) bond motifs is 1. The fourth-order valence-electron chi connectivity index (χ4n) is 2.64. The van der Waals surface area contributed by atoms with Crippen LogP contribution in [-0.2, 0) is 14.8 Å². The Balaban J connectivity index is 1.71. The van der Waals surface area contributed by atoms with Gasteiger partial charge in [0.1, 0.15) is 0 Å². The number of carbonyl (C=O) groups is 1. The minimum absolute atomic E-state index is 0.0135. The number of ether oxygens (including phenoxy) is 2. The number of nitriles is 1. The Morgan fingerprint density at radius 3 is 2.45 bits per heavy atom. The molecule has 0 aliphatic carbocycles. The van der Waals surface area contributed by atoms with Crippen LogP contribution in [0.1, 0.15) is 12.0 Å². The first-order valence-corrected chi connectivity index (χ1v) is 10.5. The van der Waals surface area contributed by atoms with Gasteiger partial charge in [-0.3, -0.25) is 4.79 Å². The molecule has 29 heavy (non-hydrogen) atoms. The maximum absolute atomic E-state index is 12.6. The quantitative estimate of drug-likeness (QED) is 0.773. The standard InChI is InChI=1S/C19H18ClN3O5S/c1-23(29(25,26)14-5-3-13(11-21)4-6-14)12-19(24)22-16-10-18-17(9-15(16)20)27-7-2-8-28-18/h3-6,9-10H,2,7-8,12H2,1H3,(H,22,24). The molecule has 2 aromatic carbocycles. The van der Waals surface area contributed by atoms with Crippen molar-refractivity contribution in [3.8, 4) is 17.6 Å². The largest absolute Gasteiger partial charge is 0.490 e. The second-order valence-corrected chi connectivity index (χ2v) is 8.73.